The molecule has 0 atom stereocenters. The van der Waals surface area contributed by atoms with Crippen LogP contribution in [-0.2, 0) is 19.4 Å². The van der Waals surface area contributed by atoms with Gasteiger partial charge in [-0.05, 0) is 37.1 Å². The summed E-state index contributed by atoms with van der Waals surface area (Å²) in [5.41, 5.74) is 1.52. The average Bonchev–Trinajstić information content (AvgIpc) is 2.48. The molecule has 0 saturated heterocycles. The molecule has 1 aromatic carbocycles. The van der Waals surface area contributed by atoms with Gasteiger partial charge in [-0.15, -0.1) is 0 Å². The van der Waals surface area contributed by atoms with Crippen LogP contribution in [-0.4, -0.2) is 38.3 Å². The van der Waals surface area contributed by atoms with E-state index in [9.17, 15) is 18.0 Å². The quantitative estimate of drug-likeness (QED) is 0.602. The zero-order valence-corrected chi connectivity index (χ0v) is 16.3. The number of carbonyl (C=O) groups is 2. The van der Waals surface area contributed by atoms with Gasteiger partial charge in [-0.1, -0.05) is 35.7 Å². The molecule has 0 fully saturated rings. The van der Waals surface area contributed by atoms with Gasteiger partial charge >= 0.3 is 0 Å². The highest BCUT2D eigenvalue weighted by Gasteiger charge is 2.17. The van der Waals surface area contributed by atoms with Crippen LogP contribution in [0.3, 0.4) is 0 Å². The molecule has 0 aromatic heterocycles. The number of halogens is 1. The monoisotopic (exact) mass is 418 g/mol. The summed E-state index contributed by atoms with van der Waals surface area (Å²) in [7, 11) is -3.42. The van der Waals surface area contributed by atoms with Gasteiger partial charge in [0.1, 0.15) is 5.75 Å². The molecule has 24 heavy (non-hydrogen) atoms. The van der Waals surface area contributed by atoms with Crippen molar-refractivity contribution in [2.75, 3.05) is 23.4 Å². The number of carbonyl (C=O) groups excluding carboxylic acids is 2. The number of benzene rings is 1. The first-order chi connectivity index (χ1) is 11.2. The summed E-state index contributed by atoms with van der Waals surface area (Å²) in [6.07, 6.45) is 2.28. The van der Waals surface area contributed by atoms with Crippen LogP contribution < -0.4 is 10.6 Å². The minimum absolute atomic E-state index is 0.00144. The Morgan fingerprint density at radius 1 is 1.17 bits per heavy atom. The Morgan fingerprint density at radius 2 is 1.88 bits per heavy atom. The molecule has 0 radical (unpaired) electrons. The number of unbranched alkanes of at least 4 members (excludes halogenated alkanes) is 2. The van der Waals surface area contributed by atoms with Crippen molar-refractivity contribution < 1.29 is 18.0 Å². The van der Waals surface area contributed by atoms with Crippen molar-refractivity contribution in [3.63, 3.8) is 0 Å². The summed E-state index contributed by atoms with van der Waals surface area (Å²) in [6, 6.07) is 5.40. The lowest BCUT2D eigenvalue weighted by Gasteiger charge is -2.10. The molecule has 134 valence electrons. The van der Waals surface area contributed by atoms with Crippen molar-refractivity contribution in [2.45, 2.75) is 33.1 Å². The van der Waals surface area contributed by atoms with E-state index in [0.717, 1.165) is 22.9 Å². The summed E-state index contributed by atoms with van der Waals surface area (Å²) in [5.74, 6) is -1.65. The predicted octanol–water partition coefficient (Wildman–Crippen LogP) is 2.42. The van der Waals surface area contributed by atoms with E-state index in [4.69, 9.17) is 0 Å². The fourth-order valence-corrected chi connectivity index (χ4v) is 3.80. The van der Waals surface area contributed by atoms with Gasteiger partial charge in [-0.2, -0.15) is 0 Å². The topological polar surface area (TPSA) is 92.3 Å². The van der Waals surface area contributed by atoms with Crippen LogP contribution in [0.4, 0.5) is 5.69 Å². The number of sulfone groups is 1. The second-order valence-corrected chi connectivity index (χ2v) is 8.68. The van der Waals surface area contributed by atoms with Gasteiger partial charge in [0.25, 0.3) is 0 Å². The zero-order chi connectivity index (χ0) is 18.2. The highest BCUT2D eigenvalue weighted by atomic mass is 79.9. The number of hydrogen-bond donors (Lipinski definition) is 2. The molecule has 2 N–H and O–H groups in total. The third-order valence-electron chi connectivity index (χ3n) is 3.32. The summed E-state index contributed by atoms with van der Waals surface area (Å²) < 4.78 is 24.4. The minimum atomic E-state index is -3.42. The normalized spacial score (nSPS) is 11.1. The molecule has 0 aliphatic heterocycles. The van der Waals surface area contributed by atoms with Gasteiger partial charge < -0.3 is 10.6 Å². The molecule has 0 aliphatic carbocycles. The highest BCUT2D eigenvalue weighted by molar-refractivity contribution is 9.10. The molecule has 0 spiro atoms. The van der Waals surface area contributed by atoms with Crippen LogP contribution in [0.2, 0.25) is 0 Å². The summed E-state index contributed by atoms with van der Waals surface area (Å²) in [4.78, 5) is 23.5. The third kappa shape index (κ3) is 7.92. The number of aryl methyl sites for hydroxylation is 1. The van der Waals surface area contributed by atoms with Crippen LogP contribution in [0.1, 0.15) is 31.7 Å². The summed E-state index contributed by atoms with van der Waals surface area (Å²) in [5, 5.41) is 5.01. The first kappa shape index (κ1) is 20.6. The van der Waals surface area contributed by atoms with Crippen molar-refractivity contribution >= 4 is 43.3 Å². The van der Waals surface area contributed by atoms with E-state index in [0.29, 0.717) is 12.1 Å². The molecule has 0 heterocycles. The molecule has 1 rings (SSSR count). The van der Waals surface area contributed by atoms with Crippen LogP contribution in [0.25, 0.3) is 0 Å². The Bertz CT molecular complexity index is 689. The molecule has 0 unspecified atom stereocenters. The maximum Gasteiger partial charge on any atom is 0.243 e. The molecular formula is C16H23BrN2O4S. The van der Waals surface area contributed by atoms with Crippen LogP contribution in [0, 0.1) is 6.92 Å². The molecule has 6 nitrogen and oxygen atoms in total. The Kier molecular flexibility index (Phi) is 8.41. The Balaban J connectivity index is 2.42. The van der Waals surface area contributed by atoms with E-state index in [1.165, 1.54) is 0 Å². The number of hydrogen-bond acceptors (Lipinski definition) is 4. The third-order valence-corrected chi connectivity index (χ3v) is 5.42. The number of amides is 2. The van der Waals surface area contributed by atoms with E-state index < -0.39 is 27.4 Å². The average molecular weight is 419 g/mol. The minimum Gasteiger partial charge on any atom is -0.346 e. The molecule has 0 bridgehead atoms. The van der Waals surface area contributed by atoms with Crippen LogP contribution in [0.5, 0.6) is 0 Å². The fourth-order valence-electron chi connectivity index (χ4n) is 2.04. The largest absolute Gasteiger partial charge is 0.346 e. The zero-order valence-electron chi connectivity index (χ0n) is 13.9. The van der Waals surface area contributed by atoms with Gasteiger partial charge in [0, 0.05) is 10.2 Å². The van der Waals surface area contributed by atoms with Crippen molar-refractivity contribution in [2.24, 2.45) is 0 Å². The van der Waals surface area contributed by atoms with E-state index in [1.807, 2.05) is 19.9 Å². The van der Waals surface area contributed by atoms with E-state index in [1.54, 1.807) is 12.1 Å². The van der Waals surface area contributed by atoms with Gasteiger partial charge in [-0.25, -0.2) is 8.42 Å². The van der Waals surface area contributed by atoms with E-state index in [-0.39, 0.29) is 12.3 Å². The second kappa shape index (κ2) is 9.78. The summed E-state index contributed by atoms with van der Waals surface area (Å²) in [6.45, 7) is 3.56. The Morgan fingerprint density at radius 3 is 2.50 bits per heavy atom. The van der Waals surface area contributed by atoms with Crippen molar-refractivity contribution in [1.29, 1.82) is 0 Å². The Labute approximate surface area is 151 Å². The molecule has 0 saturated carbocycles. The number of nitrogens with one attached hydrogen (secondary N) is 2. The van der Waals surface area contributed by atoms with Gasteiger partial charge in [0.15, 0.2) is 9.84 Å². The maximum absolute atomic E-state index is 11.8. The number of anilines is 1. The standard InChI is InChI=1S/C16H23BrN2O4S/c1-3-4-5-8-24(22,23)11-16(21)18-10-15(20)19-14-7-6-13(17)9-12(14)2/h6-7,9H,3-5,8,10-11H2,1-2H3,(H,18,21)(H,19,20). The predicted molar refractivity (Wildman–Crippen MR) is 98.7 cm³/mol. The molecular weight excluding hydrogens is 396 g/mol. The van der Waals surface area contributed by atoms with Crippen molar-refractivity contribution in [3.8, 4) is 0 Å². The van der Waals surface area contributed by atoms with Crippen LogP contribution in [0.15, 0.2) is 22.7 Å². The first-order valence-corrected chi connectivity index (χ1v) is 10.4. The summed E-state index contributed by atoms with van der Waals surface area (Å²) >= 11 is 3.34. The second-order valence-electron chi connectivity index (χ2n) is 5.58. The maximum atomic E-state index is 11.8. The molecule has 0 aliphatic rings. The van der Waals surface area contributed by atoms with Crippen LogP contribution >= 0.6 is 15.9 Å². The fraction of sp³-hybridized carbons (Fsp3) is 0.500. The van der Waals surface area contributed by atoms with Gasteiger partial charge in [0.05, 0.1) is 12.3 Å². The van der Waals surface area contributed by atoms with Gasteiger partial charge in [-0.3, -0.25) is 9.59 Å². The SMILES string of the molecule is CCCCCS(=O)(=O)CC(=O)NCC(=O)Nc1ccc(Br)cc1C. The molecule has 2 amide bonds. The van der Waals surface area contributed by atoms with Gasteiger partial charge in [0.2, 0.25) is 11.8 Å². The number of rotatable bonds is 9. The highest BCUT2D eigenvalue weighted by Crippen LogP contribution is 2.19. The first-order valence-electron chi connectivity index (χ1n) is 7.76. The van der Waals surface area contributed by atoms with Crippen molar-refractivity contribution in [1.82, 2.24) is 5.32 Å². The molecule has 1 aromatic rings. The lowest BCUT2D eigenvalue weighted by atomic mass is 10.2. The van der Waals surface area contributed by atoms with E-state index >= 15 is 0 Å². The lowest BCUT2D eigenvalue weighted by Crippen LogP contribution is -2.37. The van der Waals surface area contributed by atoms with E-state index in [2.05, 4.69) is 26.6 Å². The lowest BCUT2D eigenvalue weighted by molar-refractivity contribution is -0.122. The smallest absolute Gasteiger partial charge is 0.243 e. The molecule has 8 heteroatoms. The Hall–Kier alpha value is -1.41. The van der Waals surface area contributed by atoms with Crippen molar-refractivity contribution in [3.05, 3.63) is 28.2 Å².